The monoisotopic (exact) mass is 195 g/mol. The van der Waals surface area contributed by atoms with Gasteiger partial charge in [0.25, 0.3) is 0 Å². The Hall–Kier alpha value is -1.63. The zero-order valence-corrected chi connectivity index (χ0v) is 8.83. The van der Waals surface area contributed by atoms with Gasteiger partial charge in [0.1, 0.15) is 0 Å². The van der Waals surface area contributed by atoms with Crippen LogP contribution in [0, 0.1) is 6.92 Å². The van der Waals surface area contributed by atoms with Crippen molar-refractivity contribution in [1.82, 2.24) is 4.98 Å². The van der Waals surface area contributed by atoms with Crippen LogP contribution in [0.4, 0.5) is 0 Å². The molecule has 0 aliphatic heterocycles. The average Bonchev–Trinajstić information content (AvgIpc) is 2.42. The van der Waals surface area contributed by atoms with Gasteiger partial charge in [-0.15, -0.1) is 0 Å². The molecule has 0 saturated carbocycles. The van der Waals surface area contributed by atoms with Crippen LogP contribution in [0.15, 0.2) is 30.6 Å². The summed E-state index contributed by atoms with van der Waals surface area (Å²) < 4.78 is 0. The lowest BCUT2D eigenvalue weighted by Crippen LogP contribution is -1.89. The van der Waals surface area contributed by atoms with Crippen LogP contribution < -0.4 is 0 Å². The Morgan fingerprint density at radius 1 is 1.20 bits per heavy atom. The van der Waals surface area contributed by atoms with Gasteiger partial charge in [0, 0.05) is 17.8 Å². The molecule has 0 fully saturated rings. The van der Waals surface area contributed by atoms with Crippen LogP contribution in [0.25, 0.3) is 16.8 Å². The highest BCUT2D eigenvalue weighted by atomic mass is 14.6. The molecule has 1 aromatic carbocycles. The molecule has 0 amide bonds. The van der Waals surface area contributed by atoms with Gasteiger partial charge in [-0.05, 0) is 47.9 Å². The summed E-state index contributed by atoms with van der Waals surface area (Å²) in [5, 5.41) is 2.67. The zero-order chi connectivity index (χ0) is 10.3. The van der Waals surface area contributed by atoms with Crippen LogP contribution >= 0.6 is 0 Å². The number of nitrogens with zero attached hydrogens (tertiary/aromatic N) is 1. The van der Waals surface area contributed by atoms with Crippen molar-refractivity contribution in [2.45, 2.75) is 19.8 Å². The fourth-order valence-electron chi connectivity index (χ4n) is 2.36. The molecule has 1 aliphatic rings. The first-order valence-corrected chi connectivity index (χ1v) is 5.38. The molecule has 15 heavy (non-hydrogen) atoms. The Bertz CT molecular complexity index is 553. The van der Waals surface area contributed by atoms with E-state index in [9.17, 15) is 0 Å². The molecular formula is C14H13N. The minimum Gasteiger partial charge on any atom is -0.264 e. The van der Waals surface area contributed by atoms with Gasteiger partial charge >= 0.3 is 0 Å². The van der Waals surface area contributed by atoms with E-state index in [1.165, 1.54) is 27.5 Å². The molecular weight excluding hydrogens is 182 g/mol. The smallest absolute Gasteiger partial charge is 0.0346 e. The number of aryl methyl sites for hydroxylation is 2. The lowest BCUT2D eigenvalue weighted by molar-refractivity contribution is 1.01. The topological polar surface area (TPSA) is 12.9 Å². The molecule has 0 N–H and O–H groups in total. The second-order valence-corrected chi connectivity index (χ2v) is 4.19. The van der Waals surface area contributed by atoms with E-state index in [0.717, 1.165) is 12.8 Å². The first kappa shape index (κ1) is 8.66. The first-order chi connectivity index (χ1) is 7.34. The van der Waals surface area contributed by atoms with Gasteiger partial charge in [0.2, 0.25) is 0 Å². The standard InChI is InChI=1S/C14H13N/c1-10-6-11-4-2-3-5-12-8-15-9-13(7-10)14(11)12/h2,4,6-9H,3,5H2,1H3. The Balaban J connectivity index is 2.48. The predicted molar refractivity (Wildman–Crippen MR) is 63.8 cm³/mol. The number of rotatable bonds is 0. The molecule has 0 unspecified atom stereocenters. The fraction of sp³-hybridized carbons (Fsp3) is 0.214. The van der Waals surface area contributed by atoms with Gasteiger partial charge in [0.15, 0.2) is 0 Å². The number of allylic oxidation sites excluding steroid dienone is 1. The molecule has 1 aliphatic carbocycles. The van der Waals surface area contributed by atoms with Gasteiger partial charge in [-0.25, -0.2) is 0 Å². The highest BCUT2D eigenvalue weighted by Gasteiger charge is 2.08. The van der Waals surface area contributed by atoms with E-state index in [4.69, 9.17) is 0 Å². The van der Waals surface area contributed by atoms with Crippen LogP contribution in [0.1, 0.15) is 23.1 Å². The van der Waals surface area contributed by atoms with Crippen LogP contribution in [-0.2, 0) is 6.42 Å². The maximum Gasteiger partial charge on any atom is 0.0346 e. The van der Waals surface area contributed by atoms with Crippen LogP contribution in [0.3, 0.4) is 0 Å². The van der Waals surface area contributed by atoms with E-state index >= 15 is 0 Å². The Morgan fingerprint density at radius 2 is 2.13 bits per heavy atom. The zero-order valence-electron chi connectivity index (χ0n) is 8.83. The SMILES string of the molecule is Cc1cc2c3c(cncc3c1)CCC=C2. The van der Waals surface area contributed by atoms with E-state index in [2.05, 4.69) is 36.2 Å². The van der Waals surface area contributed by atoms with Crippen molar-refractivity contribution in [3.05, 3.63) is 47.3 Å². The molecule has 1 heteroatoms. The van der Waals surface area contributed by atoms with Crippen molar-refractivity contribution in [1.29, 1.82) is 0 Å². The normalized spacial score (nSPS) is 14.2. The van der Waals surface area contributed by atoms with E-state index in [1.54, 1.807) is 0 Å². The lowest BCUT2D eigenvalue weighted by atomic mass is 9.99. The van der Waals surface area contributed by atoms with Gasteiger partial charge < -0.3 is 0 Å². The number of hydrogen-bond acceptors (Lipinski definition) is 1. The van der Waals surface area contributed by atoms with Gasteiger partial charge in [-0.3, -0.25) is 4.98 Å². The Kier molecular flexibility index (Phi) is 1.84. The van der Waals surface area contributed by atoms with E-state index in [-0.39, 0.29) is 0 Å². The summed E-state index contributed by atoms with van der Waals surface area (Å²) in [5.41, 5.74) is 4.04. The van der Waals surface area contributed by atoms with E-state index < -0.39 is 0 Å². The largest absolute Gasteiger partial charge is 0.264 e. The van der Waals surface area contributed by atoms with Crippen molar-refractivity contribution in [3.8, 4) is 0 Å². The van der Waals surface area contributed by atoms with Crippen LogP contribution in [0.5, 0.6) is 0 Å². The maximum atomic E-state index is 4.31. The van der Waals surface area contributed by atoms with Gasteiger partial charge in [-0.2, -0.15) is 0 Å². The quantitative estimate of drug-likeness (QED) is 0.627. The minimum absolute atomic E-state index is 1.11. The summed E-state index contributed by atoms with van der Waals surface area (Å²) >= 11 is 0. The molecule has 1 nitrogen and oxygen atoms in total. The van der Waals surface area contributed by atoms with Crippen LogP contribution in [0.2, 0.25) is 0 Å². The second-order valence-electron chi connectivity index (χ2n) is 4.19. The number of pyridine rings is 1. The molecule has 3 rings (SSSR count). The molecule has 0 bridgehead atoms. The summed E-state index contributed by atoms with van der Waals surface area (Å²) in [7, 11) is 0. The molecule has 0 radical (unpaired) electrons. The molecule has 0 spiro atoms. The molecule has 0 atom stereocenters. The summed E-state index contributed by atoms with van der Waals surface area (Å²) in [6, 6.07) is 4.47. The number of hydrogen-bond donors (Lipinski definition) is 0. The Labute approximate surface area is 89.5 Å². The summed E-state index contributed by atoms with van der Waals surface area (Å²) in [6.07, 6.45) is 10.7. The molecule has 2 aromatic rings. The fourth-order valence-corrected chi connectivity index (χ4v) is 2.36. The first-order valence-electron chi connectivity index (χ1n) is 5.38. The highest BCUT2D eigenvalue weighted by Crippen LogP contribution is 2.28. The summed E-state index contributed by atoms with van der Waals surface area (Å²) in [5.74, 6) is 0. The van der Waals surface area contributed by atoms with Crippen molar-refractivity contribution in [2.75, 3.05) is 0 Å². The molecule has 1 heterocycles. The third-order valence-electron chi connectivity index (χ3n) is 2.99. The van der Waals surface area contributed by atoms with E-state index in [1.807, 2.05) is 12.4 Å². The summed E-state index contributed by atoms with van der Waals surface area (Å²) in [4.78, 5) is 4.31. The molecule has 74 valence electrons. The predicted octanol–water partition coefficient (Wildman–Crippen LogP) is 3.50. The number of aromatic nitrogens is 1. The average molecular weight is 195 g/mol. The van der Waals surface area contributed by atoms with Crippen molar-refractivity contribution in [3.63, 3.8) is 0 Å². The maximum absolute atomic E-state index is 4.31. The summed E-state index contributed by atoms with van der Waals surface area (Å²) in [6.45, 7) is 2.14. The molecule has 1 aromatic heterocycles. The molecule has 0 saturated heterocycles. The third-order valence-corrected chi connectivity index (χ3v) is 2.99. The number of benzene rings is 1. The lowest BCUT2D eigenvalue weighted by Gasteiger charge is -2.07. The van der Waals surface area contributed by atoms with Gasteiger partial charge in [0.05, 0.1) is 0 Å². The van der Waals surface area contributed by atoms with Crippen molar-refractivity contribution < 1.29 is 0 Å². The minimum atomic E-state index is 1.11. The second kappa shape index (κ2) is 3.20. The van der Waals surface area contributed by atoms with Crippen molar-refractivity contribution in [2.24, 2.45) is 0 Å². The van der Waals surface area contributed by atoms with Crippen LogP contribution in [-0.4, -0.2) is 4.98 Å². The third kappa shape index (κ3) is 1.35. The van der Waals surface area contributed by atoms with Crippen molar-refractivity contribution >= 4 is 16.8 Å². The Morgan fingerprint density at radius 3 is 3.07 bits per heavy atom. The van der Waals surface area contributed by atoms with Gasteiger partial charge in [-0.1, -0.05) is 18.2 Å². The van der Waals surface area contributed by atoms with E-state index in [0.29, 0.717) is 0 Å². The highest BCUT2D eigenvalue weighted by molar-refractivity contribution is 5.93.